The Hall–Kier alpha value is -2.04. The zero-order chi connectivity index (χ0) is 17.5. The minimum atomic E-state index is -4.02. The molecule has 0 aliphatic heterocycles. The number of sulfonamides is 1. The molecule has 0 spiro atoms. The van der Waals surface area contributed by atoms with Gasteiger partial charge in [0, 0.05) is 6.54 Å². The standard InChI is InChI=1S/C13H18FN3O5S/c1-3-15-13(19)9(2)16-12(18)8-22-17-23(20,21)11-6-4-10(14)5-7-11/h4-7,9,17H,3,8H2,1-2H3,(H,15,19)(H,16,18)/t9-/m0/s1. The Labute approximate surface area is 133 Å². The minimum Gasteiger partial charge on any atom is -0.355 e. The van der Waals surface area contributed by atoms with Crippen molar-refractivity contribution >= 4 is 21.8 Å². The van der Waals surface area contributed by atoms with Crippen LogP contribution in [-0.4, -0.2) is 39.4 Å². The largest absolute Gasteiger partial charge is 0.355 e. The van der Waals surface area contributed by atoms with E-state index in [0.29, 0.717) is 6.54 Å². The summed E-state index contributed by atoms with van der Waals surface area (Å²) >= 11 is 0. The summed E-state index contributed by atoms with van der Waals surface area (Å²) in [4.78, 5) is 29.1. The van der Waals surface area contributed by atoms with E-state index in [0.717, 1.165) is 24.3 Å². The molecule has 10 heteroatoms. The Bertz CT molecular complexity index is 648. The van der Waals surface area contributed by atoms with Gasteiger partial charge in [0.15, 0.2) is 0 Å². The summed E-state index contributed by atoms with van der Waals surface area (Å²) in [5.41, 5.74) is 0. The van der Waals surface area contributed by atoms with E-state index in [-0.39, 0.29) is 10.8 Å². The second-order valence-corrected chi connectivity index (χ2v) is 6.16. The van der Waals surface area contributed by atoms with Crippen molar-refractivity contribution < 1.29 is 27.2 Å². The Balaban J connectivity index is 2.45. The Morgan fingerprint density at radius 2 is 1.87 bits per heavy atom. The highest BCUT2D eigenvalue weighted by Gasteiger charge is 2.17. The maximum atomic E-state index is 12.7. The summed E-state index contributed by atoms with van der Waals surface area (Å²) in [5, 5.41) is 4.86. The van der Waals surface area contributed by atoms with E-state index < -0.39 is 34.4 Å². The van der Waals surface area contributed by atoms with Crippen molar-refractivity contribution in [3.05, 3.63) is 30.1 Å². The number of hydrogen-bond donors (Lipinski definition) is 3. The summed E-state index contributed by atoms with van der Waals surface area (Å²) in [6.07, 6.45) is 0. The van der Waals surface area contributed by atoms with Crippen molar-refractivity contribution in [3.63, 3.8) is 0 Å². The molecule has 0 bridgehead atoms. The second-order valence-electron chi connectivity index (χ2n) is 4.51. The molecular formula is C13H18FN3O5S. The quantitative estimate of drug-likeness (QED) is 0.558. The number of amides is 2. The van der Waals surface area contributed by atoms with E-state index in [4.69, 9.17) is 0 Å². The van der Waals surface area contributed by atoms with Crippen LogP contribution in [0.5, 0.6) is 0 Å². The average Bonchev–Trinajstić information content (AvgIpc) is 2.47. The molecule has 0 aromatic heterocycles. The van der Waals surface area contributed by atoms with Crippen LogP contribution in [0.2, 0.25) is 0 Å². The lowest BCUT2D eigenvalue weighted by atomic mass is 10.3. The summed E-state index contributed by atoms with van der Waals surface area (Å²) in [5.74, 6) is -1.62. The maximum absolute atomic E-state index is 12.7. The molecule has 0 fully saturated rings. The summed E-state index contributed by atoms with van der Waals surface area (Å²) < 4.78 is 36.3. The van der Waals surface area contributed by atoms with E-state index in [9.17, 15) is 22.4 Å². The topological polar surface area (TPSA) is 114 Å². The predicted octanol–water partition coefficient (Wildman–Crippen LogP) is -0.324. The van der Waals surface area contributed by atoms with E-state index in [1.807, 2.05) is 0 Å². The SMILES string of the molecule is CCNC(=O)[C@H](C)NC(=O)CONS(=O)(=O)c1ccc(F)cc1. The number of likely N-dealkylation sites (N-methyl/N-ethyl adjacent to an activating group) is 1. The number of nitrogens with one attached hydrogen (secondary N) is 3. The van der Waals surface area contributed by atoms with Gasteiger partial charge in [-0.1, -0.05) is 4.89 Å². The number of rotatable bonds is 8. The molecule has 0 heterocycles. The highest BCUT2D eigenvalue weighted by Crippen LogP contribution is 2.09. The molecule has 0 unspecified atom stereocenters. The molecule has 0 saturated heterocycles. The van der Waals surface area contributed by atoms with Gasteiger partial charge in [-0.15, -0.1) is 0 Å². The lowest BCUT2D eigenvalue weighted by molar-refractivity contribution is -0.131. The van der Waals surface area contributed by atoms with Crippen LogP contribution in [0.3, 0.4) is 0 Å². The maximum Gasteiger partial charge on any atom is 0.262 e. The van der Waals surface area contributed by atoms with Crippen LogP contribution in [0, 0.1) is 5.82 Å². The molecule has 1 atom stereocenters. The molecule has 1 aromatic rings. The molecule has 2 amide bonds. The van der Waals surface area contributed by atoms with Gasteiger partial charge in [-0.3, -0.25) is 14.4 Å². The Morgan fingerprint density at radius 3 is 2.43 bits per heavy atom. The number of halogens is 1. The fourth-order valence-electron chi connectivity index (χ4n) is 1.51. The van der Waals surface area contributed by atoms with Crippen molar-refractivity contribution in [2.24, 2.45) is 0 Å². The fraction of sp³-hybridized carbons (Fsp3) is 0.385. The van der Waals surface area contributed by atoms with Gasteiger partial charge in [-0.2, -0.15) is 0 Å². The Kier molecular flexibility index (Phi) is 7.07. The third-order valence-electron chi connectivity index (χ3n) is 2.62. The molecule has 3 N–H and O–H groups in total. The van der Waals surface area contributed by atoms with Crippen LogP contribution in [-0.2, 0) is 24.4 Å². The third-order valence-corrected chi connectivity index (χ3v) is 3.85. The number of carbonyl (C=O) groups is 2. The molecule has 0 saturated carbocycles. The minimum absolute atomic E-state index is 0.213. The smallest absolute Gasteiger partial charge is 0.262 e. The van der Waals surface area contributed by atoms with Crippen molar-refractivity contribution in [1.29, 1.82) is 0 Å². The van der Waals surface area contributed by atoms with Crippen LogP contribution >= 0.6 is 0 Å². The first kappa shape index (κ1) is 19.0. The first-order valence-corrected chi connectivity index (χ1v) is 8.21. The van der Waals surface area contributed by atoms with Crippen LogP contribution in [0.25, 0.3) is 0 Å². The lowest BCUT2D eigenvalue weighted by Crippen LogP contribution is -2.46. The zero-order valence-corrected chi connectivity index (χ0v) is 13.4. The summed E-state index contributed by atoms with van der Waals surface area (Å²) in [6, 6.07) is 3.29. The van der Waals surface area contributed by atoms with Gasteiger partial charge in [-0.25, -0.2) is 12.8 Å². The van der Waals surface area contributed by atoms with Crippen LogP contribution in [0.15, 0.2) is 29.2 Å². The van der Waals surface area contributed by atoms with Crippen LogP contribution in [0.4, 0.5) is 4.39 Å². The molecule has 8 nitrogen and oxygen atoms in total. The average molecular weight is 347 g/mol. The van der Waals surface area contributed by atoms with Crippen LogP contribution < -0.4 is 15.5 Å². The lowest BCUT2D eigenvalue weighted by Gasteiger charge is -2.13. The highest BCUT2D eigenvalue weighted by atomic mass is 32.2. The second kappa shape index (κ2) is 8.56. The zero-order valence-electron chi connectivity index (χ0n) is 12.6. The molecule has 1 rings (SSSR count). The first-order chi connectivity index (χ1) is 10.8. The predicted molar refractivity (Wildman–Crippen MR) is 79.0 cm³/mol. The van der Waals surface area contributed by atoms with Crippen molar-refractivity contribution in [2.75, 3.05) is 13.2 Å². The fourth-order valence-corrected chi connectivity index (χ4v) is 2.32. The van der Waals surface area contributed by atoms with E-state index in [1.54, 1.807) is 11.8 Å². The van der Waals surface area contributed by atoms with Gasteiger partial charge < -0.3 is 10.6 Å². The molecule has 0 aliphatic rings. The molecule has 0 radical (unpaired) electrons. The molecule has 0 aliphatic carbocycles. The molecule has 1 aromatic carbocycles. The van der Waals surface area contributed by atoms with Gasteiger partial charge in [-0.05, 0) is 38.1 Å². The number of hydrogen-bond acceptors (Lipinski definition) is 5. The van der Waals surface area contributed by atoms with E-state index >= 15 is 0 Å². The third kappa shape index (κ3) is 6.30. The first-order valence-electron chi connectivity index (χ1n) is 6.72. The Morgan fingerprint density at radius 1 is 1.26 bits per heavy atom. The van der Waals surface area contributed by atoms with Gasteiger partial charge in [0.25, 0.3) is 10.0 Å². The molecular weight excluding hydrogens is 329 g/mol. The van der Waals surface area contributed by atoms with Gasteiger partial charge >= 0.3 is 0 Å². The number of carbonyl (C=O) groups excluding carboxylic acids is 2. The van der Waals surface area contributed by atoms with E-state index in [2.05, 4.69) is 15.5 Å². The van der Waals surface area contributed by atoms with Gasteiger partial charge in [0.05, 0.1) is 4.90 Å². The van der Waals surface area contributed by atoms with Crippen molar-refractivity contribution in [2.45, 2.75) is 24.8 Å². The van der Waals surface area contributed by atoms with Crippen LogP contribution in [0.1, 0.15) is 13.8 Å². The van der Waals surface area contributed by atoms with Crippen molar-refractivity contribution in [3.8, 4) is 0 Å². The summed E-state index contributed by atoms with van der Waals surface area (Å²) in [7, 11) is -4.02. The monoisotopic (exact) mass is 347 g/mol. The normalized spacial score (nSPS) is 12.5. The molecule has 128 valence electrons. The van der Waals surface area contributed by atoms with Crippen molar-refractivity contribution in [1.82, 2.24) is 15.5 Å². The molecule has 23 heavy (non-hydrogen) atoms. The highest BCUT2D eigenvalue weighted by molar-refractivity contribution is 7.89. The summed E-state index contributed by atoms with van der Waals surface area (Å²) in [6.45, 7) is 3.02. The van der Waals surface area contributed by atoms with Gasteiger partial charge in [0.2, 0.25) is 11.8 Å². The van der Waals surface area contributed by atoms with E-state index in [1.165, 1.54) is 6.92 Å². The van der Waals surface area contributed by atoms with Gasteiger partial charge in [0.1, 0.15) is 18.5 Å². The number of benzene rings is 1.